The zero-order valence-corrected chi connectivity index (χ0v) is 11.3. The molecule has 0 bridgehead atoms. The van der Waals surface area contributed by atoms with Crippen LogP contribution in [0.2, 0.25) is 0 Å². The fourth-order valence-corrected chi connectivity index (χ4v) is 2.35. The average molecular weight is 232 g/mol. The van der Waals surface area contributed by atoms with Crippen molar-refractivity contribution in [3.8, 4) is 0 Å². The molecule has 94 valence electrons. The summed E-state index contributed by atoms with van der Waals surface area (Å²) in [4.78, 5) is 2.53. The Morgan fingerprint density at radius 2 is 2.06 bits per heavy atom. The maximum Gasteiger partial charge on any atom is 0.0362 e. The van der Waals surface area contributed by atoms with Gasteiger partial charge in [-0.05, 0) is 42.0 Å². The topological polar surface area (TPSA) is 29.3 Å². The molecule has 0 atom stereocenters. The molecule has 2 heteroatoms. The summed E-state index contributed by atoms with van der Waals surface area (Å²) in [5.74, 6) is 0. The monoisotopic (exact) mass is 232 g/mol. The summed E-state index contributed by atoms with van der Waals surface area (Å²) in [7, 11) is 0. The highest BCUT2D eigenvalue weighted by Gasteiger charge is 2.19. The Kier molecular flexibility index (Phi) is 3.43. The first-order valence-corrected chi connectivity index (χ1v) is 6.54. The number of nitrogens with zero attached hydrogens (tertiary/aromatic N) is 1. The van der Waals surface area contributed by atoms with Gasteiger partial charge in [-0.15, -0.1) is 0 Å². The predicted molar refractivity (Wildman–Crippen MR) is 73.9 cm³/mol. The first kappa shape index (κ1) is 12.4. The molecule has 2 nitrogen and oxygen atoms in total. The van der Waals surface area contributed by atoms with E-state index in [1.54, 1.807) is 0 Å². The molecule has 0 saturated heterocycles. The van der Waals surface area contributed by atoms with Gasteiger partial charge < -0.3 is 5.73 Å². The predicted octanol–water partition coefficient (Wildman–Crippen LogP) is 3.06. The molecule has 0 aromatic heterocycles. The summed E-state index contributed by atoms with van der Waals surface area (Å²) in [6, 6.07) is 6.30. The van der Waals surface area contributed by atoms with Gasteiger partial charge in [0.15, 0.2) is 0 Å². The highest BCUT2D eigenvalue weighted by atomic mass is 15.1. The Morgan fingerprint density at radius 3 is 2.76 bits per heavy atom. The van der Waals surface area contributed by atoms with Crippen LogP contribution < -0.4 is 5.73 Å². The van der Waals surface area contributed by atoms with Gasteiger partial charge in [-0.1, -0.05) is 32.9 Å². The van der Waals surface area contributed by atoms with E-state index in [1.165, 1.54) is 30.6 Å². The molecule has 0 amide bonds. The van der Waals surface area contributed by atoms with Crippen molar-refractivity contribution < 1.29 is 0 Å². The van der Waals surface area contributed by atoms with Gasteiger partial charge in [0.1, 0.15) is 0 Å². The minimum atomic E-state index is 0.419. The van der Waals surface area contributed by atoms with E-state index in [9.17, 15) is 0 Å². The van der Waals surface area contributed by atoms with Crippen molar-refractivity contribution in [1.29, 1.82) is 0 Å². The zero-order valence-electron chi connectivity index (χ0n) is 11.3. The Morgan fingerprint density at radius 1 is 1.29 bits per heavy atom. The summed E-state index contributed by atoms with van der Waals surface area (Å²) in [6.07, 6.45) is 2.39. The van der Waals surface area contributed by atoms with Crippen molar-refractivity contribution in [2.24, 2.45) is 5.41 Å². The summed E-state index contributed by atoms with van der Waals surface area (Å²) in [5, 5.41) is 0. The van der Waals surface area contributed by atoms with E-state index in [-0.39, 0.29) is 0 Å². The molecule has 2 N–H and O–H groups in total. The highest BCUT2D eigenvalue weighted by molar-refractivity contribution is 5.51. The first-order valence-electron chi connectivity index (χ1n) is 6.54. The average Bonchev–Trinajstić information content (AvgIpc) is 2.26. The van der Waals surface area contributed by atoms with Crippen LogP contribution in [0.5, 0.6) is 0 Å². The fraction of sp³-hybridized carbons (Fsp3) is 0.600. The van der Waals surface area contributed by atoms with Gasteiger partial charge in [-0.25, -0.2) is 0 Å². The normalized spacial score (nSPS) is 16.9. The van der Waals surface area contributed by atoms with Crippen LogP contribution >= 0.6 is 0 Å². The molecule has 0 fully saturated rings. The third-order valence-corrected chi connectivity index (χ3v) is 3.57. The molecule has 1 aromatic carbocycles. The molecule has 1 aliphatic rings. The number of nitrogens with two attached hydrogens (primary N) is 1. The molecule has 17 heavy (non-hydrogen) atoms. The number of benzene rings is 1. The van der Waals surface area contributed by atoms with Crippen LogP contribution in [0.3, 0.4) is 0 Å². The summed E-state index contributed by atoms with van der Waals surface area (Å²) < 4.78 is 0. The summed E-state index contributed by atoms with van der Waals surface area (Å²) >= 11 is 0. The maximum atomic E-state index is 6.06. The lowest BCUT2D eigenvalue weighted by Crippen LogP contribution is -2.33. The molecule has 2 rings (SSSR count). The van der Waals surface area contributed by atoms with Crippen LogP contribution in [0.1, 0.15) is 38.3 Å². The molecular weight excluding hydrogens is 208 g/mol. The quantitative estimate of drug-likeness (QED) is 0.794. The smallest absolute Gasteiger partial charge is 0.0362 e. The molecule has 0 unspecified atom stereocenters. The fourth-order valence-electron chi connectivity index (χ4n) is 2.35. The second-order valence-electron chi connectivity index (χ2n) is 6.32. The van der Waals surface area contributed by atoms with Crippen molar-refractivity contribution in [2.75, 3.05) is 18.8 Å². The van der Waals surface area contributed by atoms with Gasteiger partial charge in [-0.3, -0.25) is 4.90 Å². The summed E-state index contributed by atoms with van der Waals surface area (Å²) in [5.41, 5.74) is 10.2. The number of anilines is 1. The standard InChI is InChI=1S/C15H24N2/c1-15(2,3)8-10-17-9-7-12-5-4-6-14(16)13(12)11-17/h4-6H,7-11,16H2,1-3H3. The van der Waals surface area contributed by atoms with Crippen LogP contribution in [0, 0.1) is 5.41 Å². The van der Waals surface area contributed by atoms with Crippen LogP contribution in [-0.2, 0) is 13.0 Å². The van der Waals surface area contributed by atoms with E-state index in [0.29, 0.717) is 5.41 Å². The van der Waals surface area contributed by atoms with Crippen molar-refractivity contribution in [3.63, 3.8) is 0 Å². The van der Waals surface area contributed by atoms with Gasteiger partial charge in [0.25, 0.3) is 0 Å². The number of fused-ring (bicyclic) bond motifs is 1. The van der Waals surface area contributed by atoms with Crippen molar-refractivity contribution in [1.82, 2.24) is 4.90 Å². The Labute approximate surface area is 105 Å². The van der Waals surface area contributed by atoms with Crippen LogP contribution in [0.25, 0.3) is 0 Å². The second-order valence-corrected chi connectivity index (χ2v) is 6.32. The number of hydrogen-bond donors (Lipinski definition) is 1. The Balaban J connectivity index is 2.01. The summed E-state index contributed by atoms with van der Waals surface area (Å²) in [6.45, 7) is 10.3. The van der Waals surface area contributed by atoms with E-state index < -0.39 is 0 Å². The van der Waals surface area contributed by atoms with Gasteiger partial charge in [0.2, 0.25) is 0 Å². The molecule has 0 saturated carbocycles. The maximum absolute atomic E-state index is 6.06. The molecular formula is C15H24N2. The zero-order chi connectivity index (χ0) is 12.5. The molecule has 0 radical (unpaired) electrons. The van der Waals surface area contributed by atoms with Crippen molar-refractivity contribution in [3.05, 3.63) is 29.3 Å². The highest BCUT2D eigenvalue weighted by Crippen LogP contribution is 2.26. The van der Waals surface area contributed by atoms with Gasteiger partial charge in [0, 0.05) is 18.8 Å². The lowest BCUT2D eigenvalue weighted by Gasteiger charge is -2.31. The third-order valence-electron chi connectivity index (χ3n) is 3.57. The van der Waals surface area contributed by atoms with Crippen LogP contribution in [-0.4, -0.2) is 18.0 Å². The minimum absolute atomic E-state index is 0.419. The Bertz CT molecular complexity index is 390. The lowest BCUT2D eigenvalue weighted by molar-refractivity contribution is 0.213. The molecule has 1 heterocycles. The van der Waals surface area contributed by atoms with Crippen LogP contribution in [0.4, 0.5) is 5.69 Å². The van der Waals surface area contributed by atoms with Gasteiger partial charge >= 0.3 is 0 Å². The molecule has 0 spiro atoms. The van der Waals surface area contributed by atoms with E-state index in [1.807, 2.05) is 6.07 Å². The SMILES string of the molecule is CC(C)(C)CCN1CCc2cccc(N)c2C1. The van der Waals surface area contributed by atoms with Gasteiger partial charge in [-0.2, -0.15) is 0 Å². The number of rotatable bonds is 2. The van der Waals surface area contributed by atoms with E-state index in [2.05, 4.69) is 37.8 Å². The first-order chi connectivity index (χ1) is 7.96. The minimum Gasteiger partial charge on any atom is -0.398 e. The Hall–Kier alpha value is -1.02. The second kappa shape index (κ2) is 4.69. The van der Waals surface area contributed by atoms with E-state index >= 15 is 0 Å². The van der Waals surface area contributed by atoms with E-state index in [0.717, 1.165) is 18.7 Å². The molecule has 0 aliphatic carbocycles. The third kappa shape index (κ3) is 3.22. The lowest BCUT2D eigenvalue weighted by atomic mass is 9.91. The largest absolute Gasteiger partial charge is 0.398 e. The van der Waals surface area contributed by atoms with Crippen LogP contribution in [0.15, 0.2) is 18.2 Å². The van der Waals surface area contributed by atoms with Crippen molar-refractivity contribution >= 4 is 5.69 Å². The molecule has 1 aromatic rings. The van der Waals surface area contributed by atoms with Gasteiger partial charge in [0.05, 0.1) is 0 Å². The number of nitrogen functional groups attached to an aromatic ring is 1. The number of hydrogen-bond acceptors (Lipinski definition) is 2. The van der Waals surface area contributed by atoms with Crippen molar-refractivity contribution in [2.45, 2.75) is 40.2 Å². The van der Waals surface area contributed by atoms with E-state index in [4.69, 9.17) is 5.73 Å². The molecule has 1 aliphatic heterocycles.